The third-order valence-electron chi connectivity index (χ3n) is 4.48. The molecule has 3 rings (SSSR count). The first-order chi connectivity index (χ1) is 11.2. The number of aromatic nitrogens is 1. The highest BCUT2D eigenvalue weighted by Crippen LogP contribution is 2.20. The Balaban J connectivity index is 1.65. The minimum Gasteiger partial charge on any atom is -0.353 e. The molecule has 0 aliphatic carbocycles. The van der Waals surface area contributed by atoms with Crippen LogP contribution in [0.2, 0.25) is 0 Å². The lowest BCUT2D eigenvalue weighted by Gasteiger charge is -2.36. The maximum Gasteiger partial charge on any atom is 0.146 e. The summed E-state index contributed by atoms with van der Waals surface area (Å²) in [4.78, 5) is 9.09. The molecule has 0 amide bonds. The zero-order valence-corrected chi connectivity index (χ0v) is 13.8. The van der Waals surface area contributed by atoms with Crippen molar-refractivity contribution in [3.8, 4) is 6.07 Å². The van der Waals surface area contributed by atoms with E-state index < -0.39 is 0 Å². The summed E-state index contributed by atoms with van der Waals surface area (Å²) in [6.45, 7) is 9.13. The topological polar surface area (TPSA) is 43.2 Å². The molecule has 1 aliphatic heterocycles. The zero-order chi connectivity index (χ0) is 16.2. The minimum atomic E-state index is 0.662. The number of pyridine rings is 1. The van der Waals surface area contributed by atoms with Crippen molar-refractivity contribution in [1.82, 2.24) is 9.88 Å². The minimum absolute atomic E-state index is 0.662. The Morgan fingerprint density at radius 2 is 1.91 bits per heavy atom. The van der Waals surface area contributed by atoms with Gasteiger partial charge in [0.15, 0.2) is 0 Å². The van der Waals surface area contributed by atoms with E-state index in [1.165, 1.54) is 16.7 Å². The van der Waals surface area contributed by atoms with Gasteiger partial charge < -0.3 is 4.90 Å². The molecular weight excluding hydrogens is 284 g/mol. The van der Waals surface area contributed by atoms with Crippen molar-refractivity contribution in [2.24, 2.45) is 0 Å². The molecule has 2 aromatic rings. The summed E-state index contributed by atoms with van der Waals surface area (Å²) in [5.41, 5.74) is 4.75. The second-order valence-corrected chi connectivity index (χ2v) is 6.18. The molecule has 23 heavy (non-hydrogen) atoms. The van der Waals surface area contributed by atoms with E-state index in [4.69, 9.17) is 0 Å². The lowest BCUT2D eigenvalue weighted by atomic mass is 10.0. The van der Waals surface area contributed by atoms with Crippen molar-refractivity contribution in [2.75, 3.05) is 31.1 Å². The van der Waals surface area contributed by atoms with Crippen LogP contribution >= 0.6 is 0 Å². The number of rotatable bonds is 3. The fourth-order valence-corrected chi connectivity index (χ4v) is 3.07. The lowest BCUT2D eigenvalue weighted by molar-refractivity contribution is 0.249. The summed E-state index contributed by atoms with van der Waals surface area (Å²) in [5.74, 6) is 0.821. The van der Waals surface area contributed by atoms with Crippen LogP contribution in [0.1, 0.15) is 22.3 Å². The lowest BCUT2D eigenvalue weighted by Crippen LogP contribution is -2.46. The van der Waals surface area contributed by atoms with Crippen molar-refractivity contribution in [2.45, 2.75) is 20.4 Å². The Labute approximate surface area is 138 Å². The Morgan fingerprint density at radius 3 is 2.65 bits per heavy atom. The standard InChI is InChI=1S/C19H22N4/c1-15-5-6-16(2)18(12-15)14-22-8-10-23(11-9-22)19-17(13-20)4-3-7-21-19/h3-7,12H,8-11,14H2,1-2H3. The largest absolute Gasteiger partial charge is 0.353 e. The number of hydrogen-bond acceptors (Lipinski definition) is 4. The van der Waals surface area contributed by atoms with E-state index in [1.54, 1.807) is 6.20 Å². The van der Waals surface area contributed by atoms with Gasteiger partial charge in [-0.1, -0.05) is 23.8 Å². The van der Waals surface area contributed by atoms with E-state index in [0.29, 0.717) is 5.56 Å². The van der Waals surface area contributed by atoms with Crippen LogP contribution in [-0.4, -0.2) is 36.1 Å². The van der Waals surface area contributed by atoms with E-state index in [9.17, 15) is 5.26 Å². The number of nitriles is 1. The molecule has 118 valence electrons. The quantitative estimate of drug-likeness (QED) is 0.874. The van der Waals surface area contributed by atoms with E-state index >= 15 is 0 Å². The fourth-order valence-electron chi connectivity index (χ4n) is 3.07. The Bertz CT molecular complexity index is 724. The molecule has 1 saturated heterocycles. The molecule has 0 radical (unpaired) electrons. The first-order valence-electron chi connectivity index (χ1n) is 8.06. The molecular formula is C19H22N4. The molecule has 0 bridgehead atoms. The molecule has 1 aromatic carbocycles. The number of benzene rings is 1. The SMILES string of the molecule is Cc1ccc(C)c(CN2CCN(c3ncccc3C#N)CC2)c1. The van der Waals surface area contributed by atoms with Gasteiger partial charge in [-0.25, -0.2) is 4.98 Å². The zero-order valence-electron chi connectivity index (χ0n) is 13.8. The van der Waals surface area contributed by atoms with Crippen LogP contribution in [0.4, 0.5) is 5.82 Å². The second-order valence-electron chi connectivity index (χ2n) is 6.18. The number of piperazine rings is 1. The summed E-state index contributed by atoms with van der Waals surface area (Å²) in [5, 5.41) is 9.23. The Hall–Kier alpha value is -2.38. The van der Waals surface area contributed by atoms with Crippen molar-refractivity contribution in [3.63, 3.8) is 0 Å². The summed E-state index contributed by atoms with van der Waals surface area (Å²) < 4.78 is 0. The van der Waals surface area contributed by atoms with E-state index in [1.807, 2.05) is 12.1 Å². The Kier molecular flexibility index (Phi) is 4.59. The van der Waals surface area contributed by atoms with Gasteiger partial charge in [-0.05, 0) is 37.1 Å². The number of nitrogens with zero attached hydrogens (tertiary/aromatic N) is 4. The van der Waals surface area contributed by atoms with Crippen LogP contribution in [0.3, 0.4) is 0 Å². The van der Waals surface area contributed by atoms with Crippen LogP contribution in [-0.2, 0) is 6.54 Å². The number of anilines is 1. The molecule has 4 nitrogen and oxygen atoms in total. The van der Waals surface area contributed by atoms with E-state index in [-0.39, 0.29) is 0 Å². The first kappa shape index (κ1) is 15.5. The van der Waals surface area contributed by atoms with Crippen LogP contribution in [0.5, 0.6) is 0 Å². The third kappa shape index (κ3) is 3.52. The molecule has 2 heterocycles. The molecule has 1 fully saturated rings. The average molecular weight is 306 g/mol. The molecule has 1 aliphatic rings. The van der Waals surface area contributed by atoms with Crippen molar-refractivity contribution in [3.05, 3.63) is 58.8 Å². The van der Waals surface area contributed by atoms with Gasteiger partial charge in [0.1, 0.15) is 11.9 Å². The van der Waals surface area contributed by atoms with Gasteiger partial charge in [0.2, 0.25) is 0 Å². The fraction of sp³-hybridized carbons (Fsp3) is 0.368. The summed E-state index contributed by atoms with van der Waals surface area (Å²) in [6, 6.07) is 12.6. The van der Waals surface area contributed by atoms with E-state index in [0.717, 1.165) is 38.5 Å². The van der Waals surface area contributed by atoms with Crippen LogP contribution in [0, 0.1) is 25.2 Å². The Morgan fingerprint density at radius 1 is 1.13 bits per heavy atom. The van der Waals surface area contributed by atoms with Gasteiger partial charge in [0.25, 0.3) is 0 Å². The van der Waals surface area contributed by atoms with Gasteiger partial charge in [-0.3, -0.25) is 4.90 Å². The molecule has 0 atom stereocenters. The predicted octanol–water partition coefficient (Wildman–Crippen LogP) is 2.89. The maximum absolute atomic E-state index is 9.23. The molecule has 0 saturated carbocycles. The highest BCUT2D eigenvalue weighted by molar-refractivity contribution is 5.53. The highest BCUT2D eigenvalue weighted by Gasteiger charge is 2.20. The summed E-state index contributed by atoms with van der Waals surface area (Å²) in [7, 11) is 0. The van der Waals surface area contributed by atoms with Gasteiger partial charge in [0, 0.05) is 38.9 Å². The normalized spacial score (nSPS) is 15.4. The van der Waals surface area contributed by atoms with Crippen molar-refractivity contribution >= 4 is 5.82 Å². The van der Waals surface area contributed by atoms with Crippen LogP contribution < -0.4 is 4.90 Å². The van der Waals surface area contributed by atoms with Crippen molar-refractivity contribution in [1.29, 1.82) is 5.26 Å². The molecule has 0 N–H and O–H groups in total. The van der Waals surface area contributed by atoms with Gasteiger partial charge in [0.05, 0.1) is 5.56 Å². The predicted molar refractivity (Wildman–Crippen MR) is 92.4 cm³/mol. The smallest absolute Gasteiger partial charge is 0.146 e. The van der Waals surface area contributed by atoms with E-state index in [2.05, 4.69) is 52.9 Å². The number of hydrogen-bond donors (Lipinski definition) is 0. The highest BCUT2D eigenvalue weighted by atomic mass is 15.3. The number of aryl methyl sites for hydroxylation is 2. The maximum atomic E-state index is 9.23. The van der Waals surface area contributed by atoms with Gasteiger partial charge in [-0.15, -0.1) is 0 Å². The summed E-state index contributed by atoms with van der Waals surface area (Å²) in [6.07, 6.45) is 1.76. The average Bonchev–Trinajstić information content (AvgIpc) is 2.59. The second kappa shape index (κ2) is 6.80. The first-order valence-corrected chi connectivity index (χ1v) is 8.06. The van der Waals surface area contributed by atoms with Gasteiger partial charge in [-0.2, -0.15) is 5.26 Å². The van der Waals surface area contributed by atoms with Gasteiger partial charge >= 0.3 is 0 Å². The molecule has 0 unspecified atom stereocenters. The monoisotopic (exact) mass is 306 g/mol. The van der Waals surface area contributed by atoms with Crippen molar-refractivity contribution < 1.29 is 0 Å². The molecule has 1 aromatic heterocycles. The summed E-state index contributed by atoms with van der Waals surface area (Å²) >= 11 is 0. The third-order valence-corrected chi connectivity index (χ3v) is 4.48. The molecule has 0 spiro atoms. The molecule has 4 heteroatoms. The van der Waals surface area contributed by atoms with Crippen LogP contribution in [0.15, 0.2) is 36.5 Å². The van der Waals surface area contributed by atoms with Crippen LogP contribution in [0.25, 0.3) is 0 Å².